The lowest BCUT2D eigenvalue weighted by molar-refractivity contribution is 0.0691. The summed E-state index contributed by atoms with van der Waals surface area (Å²) in [6, 6.07) is 2.78. The van der Waals surface area contributed by atoms with Crippen LogP contribution in [0.1, 0.15) is 23.7 Å². The number of carboxylic acids is 1. The number of sulfonamides is 1. The maximum absolute atomic E-state index is 14.1. The molecule has 0 radical (unpaired) electrons. The van der Waals surface area contributed by atoms with Gasteiger partial charge in [-0.15, -0.1) is 0 Å². The van der Waals surface area contributed by atoms with Crippen LogP contribution in [0.4, 0.5) is 4.39 Å². The topological polar surface area (TPSA) is 98.5 Å². The minimum absolute atomic E-state index is 0.0935. The van der Waals surface area contributed by atoms with Crippen LogP contribution in [-0.2, 0) is 10.0 Å². The highest BCUT2D eigenvalue weighted by atomic mass is 35.5. The zero-order chi connectivity index (χ0) is 16.4. The first-order chi connectivity index (χ1) is 9.62. The molecule has 0 aliphatic rings. The zero-order valence-corrected chi connectivity index (χ0v) is 12.7. The molecule has 0 fully saturated rings. The molecular formula is C12H12ClFN2O4S. The van der Waals surface area contributed by atoms with Gasteiger partial charge in [0, 0.05) is 18.1 Å². The van der Waals surface area contributed by atoms with Crippen LogP contribution in [-0.4, -0.2) is 36.9 Å². The van der Waals surface area contributed by atoms with Crippen LogP contribution in [0, 0.1) is 17.1 Å². The van der Waals surface area contributed by atoms with E-state index in [2.05, 4.69) is 0 Å². The molecule has 1 atom stereocenters. The van der Waals surface area contributed by atoms with Crippen LogP contribution < -0.4 is 0 Å². The van der Waals surface area contributed by atoms with E-state index in [0.717, 1.165) is 16.4 Å². The first-order valence-electron chi connectivity index (χ1n) is 5.70. The molecule has 0 heterocycles. The fourth-order valence-electron chi connectivity index (χ4n) is 1.56. The van der Waals surface area contributed by atoms with Crippen LogP contribution in [0.3, 0.4) is 0 Å². The van der Waals surface area contributed by atoms with Gasteiger partial charge in [-0.25, -0.2) is 17.6 Å². The average molecular weight is 335 g/mol. The Kier molecular flexibility index (Phi) is 5.28. The maximum atomic E-state index is 14.1. The van der Waals surface area contributed by atoms with Crippen molar-refractivity contribution >= 4 is 27.6 Å². The van der Waals surface area contributed by atoms with E-state index in [1.807, 2.05) is 6.07 Å². The van der Waals surface area contributed by atoms with E-state index < -0.39 is 38.3 Å². The van der Waals surface area contributed by atoms with Crippen LogP contribution in [0.25, 0.3) is 0 Å². The summed E-state index contributed by atoms with van der Waals surface area (Å²) in [6.45, 7) is 1.47. The SMILES string of the molecule is CC(CC#N)N(C)S(=O)(=O)c1cc(Cl)cc(C(=O)O)c1F. The predicted molar refractivity (Wildman–Crippen MR) is 73.0 cm³/mol. The molecule has 1 unspecified atom stereocenters. The Bertz CT molecular complexity index is 715. The van der Waals surface area contributed by atoms with E-state index in [1.54, 1.807) is 0 Å². The van der Waals surface area contributed by atoms with Gasteiger partial charge < -0.3 is 5.11 Å². The van der Waals surface area contributed by atoms with Gasteiger partial charge in [-0.3, -0.25) is 0 Å². The summed E-state index contributed by atoms with van der Waals surface area (Å²) in [5.74, 6) is -3.01. The monoisotopic (exact) mass is 334 g/mol. The van der Waals surface area contributed by atoms with Crippen LogP contribution >= 0.6 is 11.6 Å². The van der Waals surface area contributed by atoms with Crippen molar-refractivity contribution in [2.24, 2.45) is 0 Å². The van der Waals surface area contributed by atoms with Crippen molar-refractivity contribution < 1.29 is 22.7 Å². The van der Waals surface area contributed by atoms with Gasteiger partial charge in [-0.1, -0.05) is 11.6 Å². The second-order valence-corrected chi connectivity index (χ2v) is 6.71. The minimum Gasteiger partial charge on any atom is -0.478 e. The molecule has 0 bridgehead atoms. The van der Waals surface area contributed by atoms with Crippen molar-refractivity contribution in [3.8, 4) is 6.07 Å². The molecule has 1 aromatic carbocycles. The molecule has 9 heteroatoms. The van der Waals surface area contributed by atoms with Crippen molar-refractivity contribution in [3.05, 3.63) is 28.5 Å². The largest absolute Gasteiger partial charge is 0.478 e. The van der Waals surface area contributed by atoms with Crippen molar-refractivity contribution in [1.29, 1.82) is 5.26 Å². The van der Waals surface area contributed by atoms with E-state index in [9.17, 15) is 17.6 Å². The predicted octanol–water partition coefficient (Wildman–Crippen LogP) is 2.10. The van der Waals surface area contributed by atoms with Gasteiger partial charge >= 0.3 is 5.97 Å². The number of carbonyl (C=O) groups is 1. The van der Waals surface area contributed by atoms with Crippen LogP contribution in [0.15, 0.2) is 17.0 Å². The summed E-state index contributed by atoms with van der Waals surface area (Å²) >= 11 is 5.65. The van der Waals surface area contributed by atoms with Crippen molar-refractivity contribution in [1.82, 2.24) is 4.31 Å². The van der Waals surface area contributed by atoms with Gasteiger partial charge in [0.1, 0.15) is 4.90 Å². The van der Waals surface area contributed by atoms with Gasteiger partial charge in [0.25, 0.3) is 0 Å². The van der Waals surface area contributed by atoms with Crippen molar-refractivity contribution in [2.75, 3.05) is 7.05 Å². The number of carboxylic acid groups (broad SMARTS) is 1. The highest BCUT2D eigenvalue weighted by molar-refractivity contribution is 7.89. The summed E-state index contributed by atoms with van der Waals surface area (Å²) in [5.41, 5.74) is -0.831. The van der Waals surface area contributed by atoms with E-state index in [4.69, 9.17) is 22.0 Å². The highest BCUT2D eigenvalue weighted by Gasteiger charge is 2.31. The molecule has 114 valence electrons. The number of rotatable bonds is 5. The number of halogens is 2. The molecule has 0 aliphatic heterocycles. The number of benzene rings is 1. The average Bonchev–Trinajstić information content (AvgIpc) is 2.39. The molecule has 1 rings (SSSR count). The summed E-state index contributed by atoms with van der Waals surface area (Å²) < 4.78 is 39.5. The summed E-state index contributed by atoms with van der Waals surface area (Å²) in [7, 11) is -3.13. The standard InChI is InChI=1S/C12H12ClFN2O4S/c1-7(3-4-15)16(2)21(19,20)10-6-8(13)5-9(11(10)14)12(17)18/h5-7H,3H2,1-2H3,(H,17,18). The number of aromatic carboxylic acids is 1. The third kappa shape index (κ3) is 3.50. The first-order valence-corrected chi connectivity index (χ1v) is 7.52. The Balaban J connectivity index is 3.46. The molecule has 1 aromatic rings. The number of nitriles is 1. The molecule has 0 aliphatic carbocycles. The molecule has 0 saturated carbocycles. The van der Waals surface area contributed by atoms with Crippen molar-refractivity contribution in [2.45, 2.75) is 24.3 Å². The van der Waals surface area contributed by atoms with Gasteiger partial charge in [0.05, 0.1) is 18.1 Å². The molecule has 0 amide bonds. The quantitative estimate of drug-likeness (QED) is 0.889. The van der Waals surface area contributed by atoms with E-state index >= 15 is 0 Å². The maximum Gasteiger partial charge on any atom is 0.338 e. The van der Waals surface area contributed by atoms with E-state index in [0.29, 0.717) is 0 Å². The zero-order valence-electron chi connectivity index (χ0n) is 11.2. The number of hydrogen-bond acceptors (Lipinski definition) is 4. The Morgan fingerprint density at radius 3 is 2.62 bits per heavy atom. The Morgan fingerprint density at radius 2 is 2.14 bits per heavy atom. The Morgan fingerprint density at radius 1 is 1.57 bits per heavy atom. The molecule has 21 heavy (non-hydrogen) atoms. The number of nitrogens with zero attached hydrogens (tertiary/aromatic N) is 2. The molecule has 1 N–H and O–H groups in total. The minimum atomic E-state index is -4.31. The summed E-state index contributed by atoms with van der Waals surface area (Å²) in [5, 5.41) is 17.2. The third-order valence-electron chi connectivity index (χ3n) is 2.90. The first kappa shape index (κ1) is 17.4. The lowest BCUT2D eigenvalue weighted by Gasteiger charge is -2.23. The van der Waals surface area contributed by atoms with Crippen LogP contribution in [0.5, 0.6) is 0 Å². The molecule has 0 spiro atoms. The molecular weight excluding hydrogens is 323 g/mol. The lowest BCUT2D eigenvalue weighted by Crippen LogP contribution is -2.35. The third-order valence-corrected chi connectivity index (χ3v) is 5.09. The van der Waals surface area contributed by atoms with E-state index in [1.165, 1.54) is 14.0 Å². The second-order valence-electron chi connectivity index (χ2n) is 4.30. The smallest absolute Gasteiger partial charge is 0.338 e. The molecule has 0 aromatic heterocycles. The normalized spacial score (nSPS) is 13.0. The van der Waals surface area contributed by atoms with Gasteiger partial charge in [0.15, 0.2) is 5.82 Å². The van der Waals surface area contributed by atoms with E-state index in [-0.39, 0.29) is 11.4 Å². The molecule has 0 saturated heterocycles. The van der Waals surface area contributed by atoms with Crippen LogP contribution in [0.2, 0.25) is 5.02 Å². The number of hydrogen-bond donors (Lipinski definition) is 1. The highest BCUT2D eigenvalue weighted by Crippen LogP contribution is 2.27. The fourth-order valence-corrected chi connectivity index (χ4v) is 3.31. The summed E-state index contributed by atoms with van der Waals surface area (Å²) in [6.07, 6.45) is -0.0935. The second kappa shape index (κ2) is 6.39. The van der Waals surface area contributed by atoms with Gasteiger partial charge in [0.2, 0.25) is 10.0 Å². The van der Waals surface area contributed by atoms with Gasteiger partial charge in [-0.05, 0) is 19.1 Å². The molecule has 6 nitrogen and oxygen atoms in total. The Hall–Kier alpha value is -1.69. The summed E-state index contributed by atoms with van der Waals surface area (Å²) in [4.78, 5) is 10.1. The van der Waals surface area contributed by atoms with Gasteiger partial charge in [-0.2, -0.15) is 9.57 Å². The Labute approximate surface area is 126 Å². The van der Waals surface area contributed by atoms with Crippen molar-refractivity contribution in [3.63, 3.8) is 0 Å². The lowest BCUT2D eigenvalue weighted by atomic mass is 10.2. The fraction of sp³-hybridized carbons (Fsp3) is 0.333.